The Morgan fingerprint density at radius 3 is 2.70 bits per heavy atom. The molecule has 3 rings (SSSR count). The first-order valence-electron chi connectivity index (χ1n) is 7.05. The molecule has 23 heavy (non-hydrogen) atoms. The van der Waals surface area contributed by atoms with Crippen LogP contribution in [-0.2, 0) is 5.75 Å². The molecule has 0 amide bonds. The largest absolute Gasteiger partial charge is 0.763 e. The fraction of sp³-hybridized carbons (Fsp3) is 0.111. The van der Waals surface area contributed by atoms with Crippen molar-refractivity contribution < 1.29 is 0 Å². The quantitative estimate of drug-likeness (QED) is 0.644. The average molecular weight is 319 g/mol. The molecule has 1 aromatic carbocycles. The third-order valence-electron chi connectivity index (χ3n) is 3.62. The van der Waals surface area contributed by atoms with Crippen LogP contribution in [-0.4, -0.2) is 29.1 Å². The lowest BCUT2D eigenvalue weighted by Gasteiger charge is -2.23. The number of hydrogen-bond donors (Lipinski definition) is 0. The number of aromatic nitrogens is 1. The number of aliphatic imine (C=N–C) groups is 1. The van der Waals surface area contributed by atoms with Crippen molar-refractivity contribution in [1.29, 1.82) is 0 Å². The van der Waals surface area contributed by atoms with Gasteiger partial charge in [0.1, 0.15) is 5.03 Å². The van der Waals surface area contributed by atoms with Crippen LogP contribution in [0.1, 0.15) is 11.1 Å². The number of nitrogens with zero attached hydrogens (tertiary/aromatic N) is 4. The van der Waals surface area contributed by atoms with Crippen LogP contribution in [0.3, 0.4) is 0 Å². The fourth-order valence-corrected chi connectivity index (χ4v) is 3.31. The molecular formula is C18H15N4S-. The summed E-state index contributed by atoms with van der Waals surface area (Å²) >= 11 is 1.52. The van der Waals surface area contributed by atoms with Crippen LogP contribution in [0.5, 0.6) is 0 Å². The summed E-state index contributed by atoms with van der Waals surface area (Å²) in [6, 6.07) is 10.1. The Hall–Kier alpha value is -2.62. The van der Waals surface area contributed by atoms with Gasteiger partial charge in [0, 0.05) is 24.1 Å². The topological polar surface area (TPSA) is 50.8 Å². The summed E-state index contributed by atoms with van der Waals surface area (Å²) in [5.41, 5.74) is 3.30. The average Bonchev–Trinajstić information content (AvgIpc) is 2.57. The number of pyridine rings is 1. The summed E-state index contributed by atoms with van der Waals surface area (Å²) in [6.45, 7) is 8.05. The van der Waals surface area contributed by atoms with E-state index in [1.807, 2.05) is 25.2 Å². The second-order valence-electron chi connectivity index (χ2n) is 5.15. The number of fused-ring (bicyclic) bond motifs is 1. The van der Waals surface area contributed by atoms with Gasteiger partial charge in [0.2, 0.25) is 0 Å². The van der Waals surface area contributed by atoms with E-state index in [9.17, 15) is 5.41 Å². The van der Waals surface area contributed by atoms with E-state index < -0.39 is 0 Å². The second-order valence-corrected chi connectivity index (χ2v) is 6.11. The normalized spacial score (nSPS) is 12.9. The zero-order valence-electron chi connectivity index (χ0n) is 12.8. The van der Waals surface area contributed by atoms with Crippen molar-refractivity contribution in [3.05, 3.63) is 64.0 Å². The molecule has 0 saturated carbocycles. The van der Waals surface area contributed by atoms with Gasteiger partial charge in [0.15, 0.2) is 0 Å². The highest BCUT2D eigenvalue weighted by Crippen LogP contribution is 2.26. The van der Waals surface area contributed by atoms with Crippen molar-refractivity contribution >= 4 is 41.9 Å². The first-order valence-corrected chi connectivity index (χ1v) is 8.03. The van der Waals surface area contributed by atoms with Crippen LogP contribution < -0.4 is 10.6 Å². The van der Waals surface area contributed by atoms with Crippen LogP contribution in [0.2, 0.25) is 0 Å². The van der Waals surface area contributed by atoms with Crippen molar-refractivity contribution in [1.82, 2.24) is 9.88 Å². The molecule has 1 aliphatic rings. The molecule has 0 N–H and O–H groups in total. The SMILES string of the molecule is C=C1c2c(c(=C=[N-])c(SCc3ccccc3)nc2=C)N=CN1C. The second kappa shape index (κ2) is 6.24. The third kappa shape index (κ3) is 2.84. The Morgan fingerprint density at radius 2 is 2.00 bits per heavy atom. The number of thioether (sulfide) groups is 1. The lowest BCUT2D eigenvalue weighted by atomic mass is 10.1. The zero-order chi connectivity index (χ0) is 16.4. The van der Waals surface area contributed by atoms with E-state index in [2.05, 4.69) is 41.1 Å². The molecule has 5 heteroatoms. The molecule has 2 heterocycles. The molecule has 0 atom stereocenters. The Morgan fingerprint density at radius 1 is 1.26 bits per heavy atom. The first kappa shape index (κ1) is 15.3. The molecule has 0 spiro atoms. The minimum Gasteiger partial charge on any atom is -0.763 e. The molecule has 114 valence electrons. The maximum absolute atomic E-state index is 9.57. The predicted octanol–water partition coefficient (Wildman–Crippen LogP) is 2.27. The van der Waals surface area contributed by atoms with Gasteiger partial charge in [-0.2, -0.15) is 0 Å². The van der Waals surface area contributed by atoms with E-state index >= 15 is 0 Å². The minimum atomic E-state index is 0.485. The van der Waals surface area contributed by atoms with Gasteiger partial charge in [0.25, 0.3) is 0 Å². The Balaban J connectivity index is 2.06. The summed E-state index contributed by atoms with van der Waals surface area (Å²) < 4.78 is 0. The van der Waals surface area contributed by atoms with Crippen LogP contribution in [0.4, 0.5) is 5.69 Å². The van der Waals surface area contributed by atoms with Crippen LogP contribution in [0, 0.1) is 0 Å². The Bertz CT molecular complexity index is 928. The summed E-state index contributed by atoms with van der Waals surface area (Å²) in [5.74, 6) is 2.98. The van der Waals surface area contributed by atoms with E-state index in [4.69, 9.17) is 0 Å². The molecule has 0 unspecified atom stereocenters. The molecule has 1 aliphatic heterocycles. The van der Waals surface area contributed by atoms with Crippen molar-refractivity contribution in [3.63, 3.8) is 0 Å². The highest BCUT2D eigenvalue weighted by molar-refractivity contribution is 7.98. The van der Waals surface area contributed by atoms with Gasteiger partial charge in [-0.3, -0.25) is 5.87 Å². The van der Waals surface area contributed by atoms with Crippen LogP contribution in [0.25, 0.3) is 17.7 Å². The molecule has 1 aromatic heterocycles. The standard InChI is InChI=1S/C18H15N4S/c1-12-16-13(2)22(3)11-20-17(16)15(9-19)18(21-12)23-10-14-7-5-4-6-8-14/h4-8,11H,1-2,10H2,3H3/q-1. The maximum atomic E-state index is 9.57. The lowest BCUT2D eigenvalue weighted by Crippen LogP contribution is -2.29. The zero-order valence-corrected chi connectivity index (χ0v) is 13.6. The van der Waals surface area contributed by atoms with Gasteiger partial charge in [-0.05, 0) is 5.56 Å². The molecule has 0 fully saturated rings. The number of hydrogen-bond acceptors (Lipinski definition) is 4. The van der Waals surface area contributed by atoms with Crippen LogP contribution in [0.15, 0.2) is 46.9 Å². The van der Waals surface area contributed by atoms with Gasteiger partial charge in [0.05, 0.1) is 22.6 Å². The minimum absolute atomic E-state index is 0.485. The highest BCUT2D eigenvalue weighted by Gasteiger charge is 2.18. The van der Waals surface area contributed by atoms with E-state index in [0.717, 1.165) is 17.0 Å². The third-order valence-corrected chi connectivity index (χ3v) is 4.66. The summed E-state index contributed by atoms with van der Waals surface area (Å²) in [5, 5.41) is 11.3. The van der Waals surface area contributed by atoms with Crippen LogP contribution >= 0.6 is 11.8 Å². The molecule has 0 aliphatic carbocycles. The fourth-order valence-electron chi connectivity index (χ4n) is 2.35. The first-order chi connectivity index (χ1) is 11.1. The predicted molar refractivity (Wildman–Crippen MR) is 97.4 cm³/mol. The van der Waals surface area contributed by atoms with Gasteiger partial charge >= 0.3 is 0 Å². The van der Waals surface area contributed by atoms with Crippen molar-refractivity contribution in [2.24, 2.45) is 4.99 Å². The smallest absolute Gasteiger partial charge is 0.112 e. The molecule has 2 aromatic rings. The van der Waals surface area contributed by atoms with E-state index in [1.165, 1.54) is 17.3 Å². The highest BCUT2D eigenvalue weighted by atomic mass is 32.2. The Labute approximate surface area is 139 Å². The van der Waals surface area contributed by atoms with E-state index in [1.54, 1.807) is 11.2 Å². The van der Waals surface area contributed by atoms with Crippen molar-refractivity contribution in [3.8, 4) is 0 Å². The summed E-state index contributed by atoms with van der Waals surface area (Å²) in [7, 11) is 1.86. The number of rotatable bonds is 3. The molecular weight excluding hydrogens is 304 g/mol. The van der Waals surface area contributed by atoms with Gasteiger partial charge in [-0.15, -0.1) is 11.8 Å². The Kier molecular flexibility index (Phi) is 4.15. The van der Waals surface area contributed by atoms with Gasteiger partial charge in [-0.25, -0.2) is 9.98 Å². The monoisotopic (exact) mass is 319 g/mol. The molecule has 4 nitrogen and oxygen atoms in total. The van der Waals surface area contributed by atoms with Gasteiger partial charge < -0.3 is 10.3 Å². The van der Waals surface area contributed by atoms with Crippen molar-refractivity contribution in [2.75, 3.05) is 7.05 Å². The van der Waals surface area contributed by atoms with E-state index in [0.29, 0.717) is 21.3 Å². The van der Waals surface area contributed by atoms with Gasteiger partial charge in [-0.1, -0.05) is 43.5 Å². The molecule has 0 saturated heterocycles. The maximum Gasteiger partial charge on any atom is 0.112 e. The molecule has 0 bridgehead atoms. The summed E-state index contributed by atoms with van der Waals surface area (Å²) in [6.07, 6.45) is 1.66. The number of benzene rings is 1. The van der Waals surface area contributed by atoms with E-state index in [-0.39, 0.29) is 0 Å². The molecule has 0 radical (unpaired) electrons. The lowest BCUT2D eigenvalue weighted by molar-refractivity contribution is 0.731. The summed E-state index contributed by atoms with van der Waals surface area (Å²) in [4.78, 5) is 10.7. The van der Waals surface area contributed by atoms with Crippen molar-refractivity contribution in [2.45, 2.75) is 10.8 Å².